The van der Waals surface area contributed by atoms with Gasteiger partial charge in [-0.25, -0.2) is 16.8 Å². The van der Waals surface area contributed by atoms with Gasteiger partial charge in [-0.05, 0) is 24.3 Å². The van der Waals surface area contributed by atoms with Crippen LogP contribution in [-0.4, -0.2) is 40.2 Å². The lowest BCUT2D eigenvalue weighted by molar-refractivity contribution is -0.386. The van der Waals surface area contributed by atoms with Gasteiger partial charge in [-0.2, -0.15) is 0 Å². The van der Waals surface area contributed by atoms with Crippen molar-refractivity contribution in [1.82, 2.24) is 0 Å². The van der Waals surface area contributed by atoms with Crippen LogP contribution < -0.4 is 4.74 Å². The van der Waals surface area contributed by atoms with E-state index in [4.69, 9.17) is 4.74 Å². The van der Waals surface area contributed by atoms with Crippen LogP contribution in [0.2, 0.25) is 0 Å². The molecule has 0 heterocycles. The molecule has 0 saturated heterocycles. The molecule has 1 N–H and O–H groups in total. The first-order valence-corrected chi connectivity index (χ1v) is 9.96. The summed E-state index contributed by atoms with van der Waals surface area (Å²) in [6, 6.07) is 6.05. The molecule has 2 rings (SSSR count). The van der Waals surface area contributed by atoms with Crippen LogP contribution in [0.15, 0.2) is 51.1 Å². The summed E-state index contributed by atoms with van der Waals surface area (Å²) in [5.74, 6) is -1.17. The van der Waals surface area contributed by atoms with Gasteiger partial charge in [-0.3, -0.25) is 10.1 Å². The Bertz CT molecular complexity index is 1040. The minimum atomic E-state index is -4.20. The summed E-state index contributed by atoms with van der Waals surface area (Å²) in [4.78, 5) is 9.25. The highest BCUT2D eigenvalue weighted by Crippen LogP contribution is 2.39. The van der Waals surface area contributed by atoms with Gasteiger partial charge >= 0.3 is 5.69 Å². The third kappa shape index (κ3) is 3.56. The fourth-order valence-electron chi connectivity index (χ4n) is 2.02. The Morgan fingerprint density at radius 2 is 1.52 bits per heavy atom. The lowest BCUT2D eigenvalue weighted by Crippen LogP contribution is -2.05. The first kappa shape index (κ1) is 18.7. The molecule has 0 fully saturated rings. The van der Waals surface area contributed by atoms with E-state index in [0.717, 1.165) is 43.7 Å². The Kier molecular flexibility index (Phi) is 4.73. The van der Waals surface area contributed by atoms with Gasteiger partial charge in [-0.1, -0.05) is 0 Å². The summed E-state index contributed by atoms with van der Waals surface area (Å²) in [5.41, 5.74) is -0.828. The number of sulfone groups is 2. The first-order valence-electron chi connectivity index (χ1n) is 6.59. The number of nitro benzene ring substituents is 1. The molecule has 0 bridgehead atoms. The van der Waals surface area contributed by atoms with Crippen molar-refractivity contribution in [3.63, 3.8) is 0 Å². The number of hydrogen-bond acceptors (Lipinski definition) is 8. The largest absolute Gasteiger partial charge is 0.500 e. The molecule has 0 radical (unpaired) electrons. The molecule has 0 aliphatic carbocycles. The normalized spacial score (nSPS) is 11.9. The van der Waals surface area contributed by atoms with Crippen molar-refractivity contribution in [3.05, 3.63) is 46.5 Å². The zero-order chi connectivity index (χ0) is 19.0. The molecule has 25 heavy (non-hydrogen) atoms. The zero-order valence-electron chi connectivity index (χ0n) is 13.0. The molecule has 0 aliphatic rings. The number of phenolic OH excluding ortho intramolecular Hbond substituents is 1. The van der Waals surface area contributed by atoms with Crippen molar-refractivity contribution in [2.45, 2.75) is 14.7 Å². The van der Waals surface area contributed by atoms with Crippen LogP contribution >= 0.6 is 0 Å². The number of hydrogen-bond donors (Lipinski definition) is 1. The Morgan fingerprint density at radius 3 is 1.96 bits per heavy atom. The lowest BCUT2D eigenvalue weighted by atomic mass is 10.3. The number of methoxy groups -OCH3 is 1. The summed E-state index contributed by atoms with van der Waals surface area (Å²) in [5, 5.41) is 20.7. The van der Waals surface area contributed by atoms with Gasteiger partial charge in [0, 0.05) is 18.4 Å². The highest BCUT2D eigenvalue weighted by molar-refractivity contribution is 7.91. The molecule has 0 spiro atoms. The third-order valence-corrected chi connectivity index (χ3v) is 6.19. The van der Waals surface area contributed by atoms with E-state index in [1.165, 1.54) is 0 Å². The van der Waals surface area contributed by atoms with Crippen molar-refractivity contribution < 1.29 is 31.6 Å². The topological polar surface area (TPSA) is 141 Å². The molecule has 134 valence electrons. The molecule has 0 unspecified atom stereocenters. The fourth-order valence-corrected chi connectivity index (χ4v) is 3.95. The quantitative estimate of drug-likeness (QED) is 0.601. The Labute approximate surface area is 143 Å². The smallest absolute Gasteiger partial charge is 0.315 e. The van der Waals surface area contributed by atoms with Crippen LogP contribution in [0.25, 0.3) is 0 Å². The standard InChI is InChI=1S/C14H13NO8S2/c1-23-13-8-11(7-12(14(13)16)15(17)18)25(21,22)10-5-3-9(4-6-10)24(2,19)20/h3-8,16H,1-2H3. The first-order chi connectivity index (χ1) is 11.5. The van der Waals surface area contributed by atoms with Crippen LogP contribution in [0, 0.1) is 10.1 Å². The highest BCUT2D eigenvalue weighted by atomic mass is 32.2. The van der Waals surface area contributed by atoms with E-state index in [-0.39, 0.29) is 15.5 Å². The van der Waals surface area contributed by atoms with E-state index in [1.807, 2.05) is 0 Å². The number of phenols is 1. The number of benzene rings is 2. The number of nitrogens with zero attached hydrogens (tertiary/aromatic N) is 1. The molecule has 0 atom stereocenters. The minimum absolute atomic E-state index is 0.0688. The Morgan fingerprint density at radius 1 is 1.00 bits per heavy atom. The van der Waals surface area contributed by atoms with Crippen LogP contribution in [0.4, 0.5) is 5.69 Å². The van der Waals surface area contributed by atoms with Crippen molar-refractivity contribution in [2.75, 3.05) is 13.4 Å². The molecule has 11 heteroatoms. The monoisotopic (exact) mass is 387 g/mol. The third-order valence-electron chi connectivity index (χ3n) is 3.32. The molecule has 0 aliphatic heterocycles. The molecular formula is C14H13NO8S2. The van der Waals surface area contributed by atoms with E-state index in [2.05, 4.69) is 0 Å². The van der Waals surface area contributed by atoms with Crippen LogP contribution in [0.1, 0.15) is 0 Å². The summed E-state index contributed by atoms with van der Waals surface area (Å²) in [7, 11) is -6.58. The molecule has 2 aromatic carbocycles. The van der Waals surface area contributed by atoms with Gasteiger partial charge in [0.25, 0.3) is 0 Å². The molecule has 2 aromatic rings. The van der Waals surface area contributed by atoms with Gasteiger partial charge < -0.3 is 9.84 Å². The zero-order valence-corrected chi connectivity index (χ0v) is 14.7. The number of ether oxygens (including phenoxy) is 1. The SMILES string of the molecule is COc1cc(S(=O)(=O)c2ccc(S(C)(=O)=O)cc2)cc([N+](=O)[O-])c1O. The Balaban J connectivity index is 2.64. The molecular weight excluding hydrogens is 374 g/mol. The lowest BCUT2D eigenvalue weighted by Gasteiger charge is -2.09. The van der Waals surface area contributed by atoms with Gasteiger partial charge in [0.15, 0.2) is 15.6 Å². The number of aromatic hydroxyl groups is 1. The van der Waals surface area contributed by atoms with Crippen molar-refractivity contribution >= 4 is 25.4 Å². The summed E-state index contributed by atoms with van der Waals surface area (Å²) >= 11 is 0. The van der Waals surface area contributed by atoms with Gasteiger partial charge in [0.1, 0.15) is 0 Å². The van der Waals surface area contributed by atoms with Crippen molar-refractivity contribution in [1.29, 1.82) is 0 Å². The van der Waals surface area contributed by atoms with E-state index in [1.54, 1.807) is 0 Å². The second-order valence-electron chi connectivity index (χ2n) is 5.00. The second-order valence-corrected chi connectivity index (χ2v) is 8.96. The maximum absolute atomic E-state index is 12.6. The van der Waals surface area contributed by atoms with E-state index < -0.39 is 40.9 Å². The molecule has 9 nitrogen and oxygen atoms in total. The van der Waals surface area contributed by atoms with Crippen LogP contribution in [0.5, 0.6) is 11.5 Å². The minimum Gasteiger partial charge on any atom is -0.500 e. The average molecular weight is 387 g/mol. The number of rotatable bonds is 5. The van der Waals surface area contributed by atoms with Gasteiger partial charge in [0.2, 0.25) is 15.6 Å². The van der Waals surface area contributed by atoms with E-state index in [0.29, 0.717) is 6.07 Å². The summed E-state index contributed by atoms with van der Waals surface area (Å²) in [6.45, 7) is 0. The highest BCUT2D eigenvalue weighted by Gasteiger charge is 2.27. The predicted molar refractivity (Wildman–Crippen MR) is 86.3 cm³/mol. The second kappa shape index (κ2) is 6.33. The van der Waals surface area contributed by atoms with E-state index in [9.17, 15) is 32.1 Å². The van der Waals surface area contributed by atoms with Crippen molar-refractivity contribution in [3.8, 4) is 11.5 Å². The maximum atomic E-state index is 12.6. The van der Waals surface area contributed by atoms with E-state index >= 15 is 0 Å². The summed E-state index contributed by atoms with van der Waals surface area (Å²) in [6.07, 6.45) is 0.977. The average Bonchev–Trinajstić information content (AvgIpc) is 2.53. The molecule has 0 saturated carbocycles. The predicted octanol–water partition coefficient (Wildman–Crippen LogP) is 1.55. The van der Waals surface area contributed by atoms with Crippen LogP contribution in [-0.2, 0) is 19.7 Å². The molecule has 0 amide bonds. The van der Waals surface area contributed by atoms with Crippen LogP contribution in [0.3, 0.4) is 0 Å². The van der Waals surface area contributed by atoms with Gasteiger partial charge in [0.05, 0.1) is 26.7 Å². The Hall–Kier alpha value is -2.66. The summed E-state index contributed by atoms with van der Waals surface area (Å²) < 4.78 is 52.9. The number of nitro groups is 1. The van der Waals surface area contributed by atoms with Crippen molar-refractivity contribution in [2.24, 2.45) is 0 Å². The maximum Gasteiger partial charge on any atom is 0.315 e. The molecule has 0 aromatic heterocycles. The fraction of sp³-hybridized carbons (Fsp3) is 0.143. The van der Waals surface area contributed by atoms with Gasteiger partial charge in [-0.15, -0.1) is 0 Å².